The standard InChI is InChI=1S/C17H16ClFN2O3S2/c1-10-9-21(11(2)22)16-8-13(4-6-17(16)25-10)26(23,24)20-15-5-3-12(18)7-14(15)19/h3-8,10,20H,9H2,1-2H3/t10-/m1/s1. The molecule has 0 bridgehead atoms. The number of sulfonamides is 1. The summed E-state index contributed by atoms with van der Waals surface area (Å²) < 4.78 is 41.4. The van der Waals surface area contributed by atoms with Gasteiger partial charge in [-0.05, 0) is 36.4 Å². The van der Waals surface area contributed by atoms with Crippen LogP contribution in [0.15, 0.2) is 46.2 Å². The Labute approximate surface area is 160 Å². The molecule has 1 heterocycles. The van der Waals surface area contributed by atoms with Gasteiger partial charge in [0.05, 0.1) is 16.3 Å². The van der Waals surface area contributed by atoms with Crippen LogP contribution >= 0.6 is 23.4 Å². The summed E-state index contributed by atoms with van der Waals surface area (Å²) in [4.78, 5) is 14.3. The number of nitrogens with zero attached hydrogens (tertiary/aromatic N) is 1. The summed E-state index contributed by atoms with van der Waals surface area (Å²) in [7, 11) is -4.03. The van der Waals surface area contributed by atoms with Crippen molar-refractivity contribution >= 4 is 50.7 Å². The highest BCUT2D eigenvalue weighted by molar-refractivity contribution is 8.00. The monoisotopic (exact) mass is 414 g/mol. The van der Waals surface area contributed by atoms with E-state index < -0.39 is 15.8 Å². The fourth-order valence-electron chi connectivity index (χ4n) is 2.66. The number of hydrogen-bond acceptors (Lipinski definition) is 4. The SMILES string of the molecule is CC(=O)N1C[C@@H](C)Sc2ccc(S(=O)(=O)Nc3ccc(Cl)cc3F)cc21. The van der Waals surface area contributed by atoms with Crippen LogP contribution in [0.5, 0.6) is 0 Å². The minimum absolute atomic E-state index is 0.0491. The van der Waals surface area contributed by atoms with Crippen molar-refractivity contribution in [2.45, 2.75) is 28.9 Å². The molecular weight excluding hydrogens is 399 g/mol. The molecule has 3 rings (SSSR count). The molecule has 0 aliphatic carbocycles. The molecular formula is C17H16ClFN2O3S2. The lowest BCUT2D eigenvalue weighted by atomic mass is 10.2. The Morgan fingerprint density at radius 3 is 2.69 bits per heavy atom. The van der Waals surface area contributed by atoms with Gasteiger partial charge in [-0.3, -0.25) is 9.52 Å². The van der Waals surface area contributed by atoms with Crippen LogP contribution in [-0.4, -0.2) is 26.1 Å². The molecule has 9 heteroatoms. The van der Waals surface area contributed by atoms with Gasteiger partial charge in [0.1, 0.15) is 5.82 Å². The Bertz CT molecular complexity index is 982. The Hall–Kier alpha value is -1.77. The number of thioether (sulfide) groups is 1. The number of hydrogen-bond donors (Lipinski definition) is 1. The molecule has 1 aliphatic heterocycles. The first kappa shape index (κ1) is 19.0. The van der Waals surface area contributed by atoms with Crippen molar-refractivity contribution in [3.05, 3.63) is 47.2 Å². The molecule has 0 saturated carbocycles. The smallest absolute Gasteiger partial charge is 0.262 e. The topological polar surface area (TPSA) is 66.5 Å². The van der Waals surface area contributed by atoms with Crippen molar-refractivity contribution in [2.75, 3.05) is 16.2 Å². The van der Waals surface area contributed by atoms with Crippen LogP contribution in [0.1, 0.15) is 13.8 Å². The third kappa shape index (κ3) is 3.82. The molecule has 2 aromatic carbocycles. The molecule has 0 fully saturated rings. The number of halogens is 2. The first-order valence-corrected chi connectivity index (χ1v) is 10.5. The number of rotatable bonds is 3. The second-order valence-electron chi connectivity index (χ2n) is 5.92. The van der Waals surface area contributed by atoms with Crippen LogP contribution < -0.4 is 9.62 Å². The second kappa shape index (κ2) is 7.09. The highest BCUT2D eigenvalue weighted by atomic mass is 35.5. The number of carbonyl (C=O) groups is 1. The van der Waals surface area contributed by atoms with Gasteiger partial charge in [0.25, 0.3) is 10.0 Å². The third-order valence-corrected chi connectivity index (χ3v) is 6.60. The highest BCUT2D eigenvalue weighted by Crippen LogP contribution is 2.40. The van der Waals surface area contributed by atoms with Gasteiger partial charge in [-0.1, -0.05) is 18.5 Å². The molecule has 5 nitrogen and oxygen atoms in total. The van der Waals surface area contributed by atoms with Crippen LogP contribution in [0.3, 0.4) is 0 Å². The van der Waals surface area contributed by atoms with Crippen molar-refractivity contribution in [3.63, 3.8) is 0 Å². The molecule has 1 N–H and O–H groups in total. The minimum atomic E-state index is -4.03. The van der Waals surface area contributed by atoms with E-state index in [4.69, 9.17) is 11.6 Å². The summed E-state index contributed by atoms with van der Waals surface area (Å²) in [6.07, 6.45) is 0. The zero-order chi connectivity index (χ0) is 19.1. The molecule has 1 atom stereocenters. The van der Waals surface area contributed by atoms with Gasteiger partial charge in [-0.2, -0.15) is 0 Å². The number of fused-ring (bicyclic) bond motifs is 1. The molecule has 1 aliphatic rings. The molecule has 2 aromatic rings. The van der Waals surface area contributed by atoms with Crippen LogP contribution in [0.4, 0.5) is 15.8 Å². The maximum atomic E-state index is 13.9. The molecule has 0 saturated heterocycles. The minimum Gasteiger partial charge on any atom is -0.310 e. The van der Waals surface area contributed by atoms with Gasteiger partial charge in [-0.15, -0.1) is 11.8 Å². The van der Waals surface area contributed by atoms with E-state index in [-0.39, 0.29) is 26.8 Å². The molecule has 0 unspecified atom stereocenters. The number of carbonyl (C=O) groups excluding carboxylic acids is 1. The third-order valence-electron chi connectivity index (χ3n) is 3.85. The molecule has 1 amide bonds. The summed E-state index contributed by atoms with van der Waals surface area (Å²) in [5.74, 6) is -0.932. The molecule has 138 valence electrons. The average molecular weight is 415 g/mol. The lowest BCUT2D eigenvalue weighted by Crippen LogP contribution is -2.37. The van der Waals surface area contributed by atoms with Crippen LogP contribution in [-0.2, 0) is 14.8 Å². The number of amides is 1. The quantitative estimate of drug-likeness (QED) is 0.820. The summed E-state index contributed by atoms with van der Waals surface area (Å²) in [5, 5.41) is 0.373. The summed E-state index contributed by atoms with van der Waals surface area (Å²) >= 11 is 7.26. The Kier molecular flexibility index (Phi) is 5.18. The van der Waals surface area contributed by atoms with Gasteiger partial charge in [0.15, 0.2) is 0 Å². The lowest BCUT2D eigenvalue weighted by Gasteiger charge is -2.32. The van der Waals surface area contributed by atoms with Gasteiger partial charge >= 0.3 is 0 Å². The maximum absolute atomic E-state index is 13.9. The fourth-order valence-corrected chi connectivity index (χ4v) is 5.00. The molecule has 26 heavy (non-hydrogen) atoms. The van der Waals surface area contributed by atoms with E-state index in [0.29, 0.717) is 12.2 Å². The fraction of sp³-hybridized carbons (Fsp3) is 0.235. The Morgan fingerprint density at radius 1 is 1.31 bits per heavy atom. The van der Waals surface area contributed by atoms with E-state index in [1.54, 1.807) is 22.7 Å². The maximum Gasteiger partial charge on any atom is 0.262 e. The van der Waals surface area contributed by atoms with Gasteiger partial charge in [0.2, 0.25) is 5.91 Å². The Morgan fingerprint density at radius 2 is 2.04 bits per heavy atom. The highest BCUT2D eigenvalue weighted by Gasteiger charge is 2.27. The zero-order valence-electron chi connectivity index (χ0n) is 14.0. The average Bonchev–Trinajstić information content (AvgIpc) is 2.56. The number of nitrogens with one attached hydrogen (secondary N) is 1. The largest absolute Gasteiger partial charge is 0.310 e. The van der Waals surface area contributed by atoms with E-state index in [1.165, 1.54) is 31.2 Å². The summed E-state index contributed by atoms with van der Waals surface area (Å²) in [6, 6.07) is 8.22. The van der Waals surface area contributed by atoms with Gasteiger partial charge in [0, 0.05) is 28.6 Å². The van der Waals surface area contributed by atoms with Gasteiger partial charge in [-0.25, -0.2) is 12.8 Å². The second-order valence-corrected chi connectivity index (χ2v) is 9.52. The van der Waals surface area contributed by atoms with Crippen LogP contribution in [0.2, 0.25) is 5.02 Å². The lowest BCUT2D eigenvalue weighted by molar-refractivity contribution is -0.116. The van der Waals surface area contributed by atoms with Crippen molar-refractivity contribution < 1.29 is 17.6 Å². The van der Waals surface area contributed by atoms with Crippen LogP contribution in [0, 0.1) is 5.82 Å². The molecule has 0 spiro atoms. The predicted molar refractivity (Wildman–Crippen MR) is 102 cm³/mol. The van der Waals surface area contributed by atoms with Crippen LogP contribution in [0.25, 0.3) is 0 Å². The van der Waals surface area contributed by atoms with E-state index >= 15 is 0 Å². The Balaban J connectivity index is 1.98. The summed E-state index contributed by atoms with van der Waals surface area (Å²) in [6.45, 7) is 3.93. The zero-order valence-corrected chi connectivity index (χ0v) is 16.4. The first-order chi connectivity index (χ1) is 12.2. The van der Waals surface area contributed by atoms with Crippen molar-refractivity contribution in [3.8, 4) is 0 Å². The predicted octanol–water partition coefficient (Wildman–Crippen LogP) is 4.13. The van der Waals surface area contributed by atoms with E-state index in [0.717, 1.165) is 11.0 Å². The molecule has 0 radical (unpaired) electrons. The van der Waals surface area contributed by atoms with Crippen molar-refractivity contribution in [1.82, 2.24) is 0 Å². The first-order valence-electron chi connectivity index (χ1n) is 7.74. The number of benzene rings is 2. The van der Waals surface area contributed by atoms with Crippen molar-refractivity contribution in [2.24, 2.45) is 0 Å². The van der Waals surface area contributed by atoms with E-state index in [2.05, 4.69) is 4.72 Å². The normalized spacial score (nSPS) is 16.9. The van der Waals surface area contributed by atoms with E-state index in [9.17, 15) is 17.6 Å². The van der Waals surface area contributed by atoms with E-state index in [1.807, 2.05) is 6.92 Å². The van der Waals surface area contributed by atoms with Crippen molar-refractivity contribution in [1.29, 1.82) is 0 Å². The number of anilines is 2. The molecule has 0 aromatic heterocycles. The summed E-state index contributed by atoms with van der Waals surface area (Å²) in [5.41, 5.74) is 0.346. The van der Waals surface area contributed by atoms with Gasteiger partial charge < -0.3 is 4.90 Å².